The number of aryl methyl sites for hydroxylation is 1. The van der Waals surface area contributed by atoms with Crippen LogP contribution in [0, 0.1) is 5.92 Å². The van der Waals surface area contributed by atoms with Crippen LogP contribution in [0.15, 0.2) is 35.4 Å². The summed E-state index contributed by atoms with van der Waals surface area (Å²) >= 11 is 1.39. The van der Waals surface area contributed by atoms with E-state index in [0.717, 1.165) is 43.2 Å². The standard InChI is InChI=1S/C22H25N5O2S/c1-15-6-4-10-25(12-15)22-24-20-19(30-22)21(29)26(14-23-20)13-18(28)27-11-5-8-16-7-2-3-9-17(16)27/h2-3,7,9,14-15H,4-6,8,10-13H2,1H3/t15-/m1/s1. The summed E-state index contributed by atoms with van der Waals surface area (Å²) in [6.07, 6.45) is 5.74. The largest absolute Gasteiger partial charge is 0.348 e. The van der Waals surface area contributed by atoms with Crippen LogP contribution in [0.4, 0.5) is 10.8 Å². The van der Waals surface area contributed by atoms with E-state index in [1.54, 1.807) is 4.90 Å². The lowest BCUT2D eigenvalue weighted by Crippen LogP contribution is -2.39. The van der Waals surface area contributed by atoms with E-state index in [-0.39, 0.29) is 18.0 Å². The van der Waals surface area contributed by atoms with Crippen LogP contribution in [0.3, 0.4) is 0 Å². The van der Waals surface area contributed by atoms with E-state index in [9.17, 15) is 9.59 Å². The molecule has 4 heterocycles. The molecule has 0 saturated carbocycles. The van der Waals surface area contributed by atoms with Gasteiger partial charge in [-0.3, -0.25) is 14.2 Å². The number of nitrogens with zero attached hydrogens (tertiary/aromatic N) is 5. The fourth-order valence-electron chi connectivity index (χ4n) is 4.47. The Balaban J connectivity index is 1.41. The Hall–Kier alpha value is -2.74. The summed E-state index contributed by atoms with van der Waals surface area (Å²) in [5, 5.41) is 0.857. The van der Waals surface area contributed by atoms with Crippen LogP contribution < -0.4 is 15.4 Å². The van der Waals surface area contributed by atoms with Crippen LogP contribution in [0.1, 0.15) is 31.7 Å². The van der Waals surface area contributed by atoms with Crippen LogP contribution >= 0.6 is 11.3 Å². The molecule has 5 rings (SSSR count). The first-order valence-electron chi connectivity index (χ1n) is 10.6. The first-order valence-corrected chi connectivity index (χ1v) is 11.4. The molecule has 0 aliphatic carbocycles. The van der Waals surface area contributed by atoms with Crippen molar-refractivity contribution in [2.75, 3.05) is 29.4 Å². The van der Waals surface area contributed by atoms with Gasteiger partial charge in [-0.1, -0.05) is 36.5 Å². The van der Waals surface area contributed by atoms with Crippen molar-refractivity contribution in [2.45, 2.75) is 39.2 Å². The molecule has 1 saturated heterocycles. The summed E-state index contributed by atoms with van der Waals surface area (Å²) in [6.45, 7) is 4.84. The molecule has 2 aliphatic rings. The van der Waals surface area contributed by atoms with Gasteiger partial charge in [-0.25, -0.2) is 4.98 Å². The van der Waals surface area contributed by atoms with Crippen molar-refractivity contribution in [3.05, 3.63) is 46.5 Å². The van der Waals surface area contributed by atoms with E-state index in [2.05, 4.69) is 27.9 Å². The van der Waals surface area contributed by atoms with Crippen molar-refractivity contribution in [1.29, 1.82) is 0 Å². The number of piperidine rings is 1. The second kappa shape index (κ2) is 7.83. The van der Waals surface area contributed by atoms with Gasteiger partial charge in [0.25, 0.3) is 5.56 Å². The lowest BCUT2D eigenvalue weighted by molar-refractivity contribution is -0.119. The maximum absolute atomic E-state index is 13.1. The van der Waals surface area contributed by atoms with Gasteiger partial charge >= 0.3 is 0 Å². The third kappa shape index (κ3) is 3.49. The molecular formula is C22H25N5O2S. The molecule has 2 aliphatic heterocycles. The number of benzene rings is 1. The Bertz CT molecular complexity index is 1150. The molecule has 2 aromatic heterocycles. The van der Waals surface area contributed by atoms with E-state index >= 15 is 0 Å². The zero-order valence-corrected chi connectivity index (χ0v) is 17.9. The maximum Gasteiger partial charge on any atom is 0.273 e. The molecule has 1 aromatic carbocycles. The number of hydrogen-bond donors (Lipinski definition) is 0. The normalized spacial score (nSPS) is 19.2. The Labute approximate surface area is 179 Å². The molecule has 0 spiro atoms. The Kier molecular flexibility index (Phi) is 5.02. The first kappa shape index (κ1) is 19.2. The Morgan fingerprint density at radius 3 is 2.97 bits per heavy atom. The van der Waals surface area contributed by atoms with Gasteiger partial charge in [-0.05, 0) is 43.2 Å². The Morgan fingerprint density at radius 1 is 1.23 bits per heavy atom. The average Bonchev–Trinajstić information content (AvgIpc) is 3.20. The number of rotatable bonds is 3. The maximum atomic E-state index is 13.1. The molecule has 0 N–H and O–H groups in total. The number of carbonyl (C=O) groups excluding carboxylic acids is 1. The quantitative estimate of drug-likeness (QED) is 0.647. The summed E-state index contributed by atoms with van der Waals surface area (Å²) in [5.41, 5.74) is 2.42. The number of amides is 1. The molecule has 1 fully saturated rings. The van der Waals surface area contributed by atoms with Crippen LogP contribution in [0.5, 0.6) is 0 Å². The molecule has 3 aromatic rings. The van der Waals surface area contributed by atoms with Crippen molar-refractivity contribution in [1.82, 2.24) is 14.5 Å². The highest BCUT2D eigenvalue weighted by molar-refractivity contribution is 7.22. The first-order chi connectivity index (χ1) is 14.6. The monoisotopic (exact) mass is 423 g/mol. The summed E-state index contributed by atoms with van der Waals surface area (Å²) in [5.74, 6) is 0.542. The van der Waals surface area contributed by atoms with Gasteiger partial charge in [-0.2, -0.15) is 4.98 Å². The third-order valence-corrected chi connectivity index (χ3v) is 7.11. The number of fused-ring (bicyclic) bond motifs is 2. The van der Waals surface area contributed by atoms with Gasteiger partial charge in [0.15, 0.2) is 10.8 Å². The molecular weight excluding hydrogens is 398 g/mol. The SMILES string of the molecule is C[C@@H]1CCCN(c2nc3ncn(CC(=O)N4CCCc5ccccc54)c(=O)c3s2)C1. The summed E-state index contributed by atoms with van der Waals surface area (Å²) in [7, 11) is 0. The van der Waals surface area contributed by atoms with Crippen molar-refractivity contribution in [3.63, 3.8) is 0 Å². The number of aromatic nitrogens is 3. The summed E-state index contributed by atoms with van der Waals surface area (Å²) < 4.78 is 1.94. The van der Waals surface area contributed by atoms with Gasteiger partial charge in [0, 0.05) is 25.3 Å². The average molecular weight is 424 g/mol. The zero-order valence-electron chi connectivity index (χ0n) is 17.1. The van der Waals surface area contributed by atoms with Gasteiger partial charge in [0.2, 0.25) is 5.91 Å². The van der Waals surface area contributed by atoms with Gasteiger partial charge in [0.05, 0.1) is 0 Å². The predicted molar refractivity (Wildman–Crippen MR) is 119 cm³/mol. The number of anilines is 2. The van der Waals surface area contributed by atoms with E-state index < -0.39 is 0 Å². The third-order valence-electron chi connectivity index (χ3n) is 6.02. The summed E-state index contributed by atoms with van der Waals surface area (Å²) in [4.78, 5) is 39.1. The molecule has 1 amide bonds. The number of thiazole rings is 1. The van der Waals surface area contributed by atoms with E-state index in [0.29, 0.717) is 22.8 Å². The molecule has 30 heavy (non-hydrogen) atoms. The zero-order chi connectivity index (χ0) is 20.7. The minimum absolute atomic E-state index is 0.00983. The molecule has 0 bridgehead atoms. The molecule has 0 unspecified atom stereocenters. The highest BCUT2D eigenvalue weighted by Crippen LogP contribution is 2.29. The highest BCUT2D eigenvalue weighted by Gasteiger charge is 2.24. The molecule has 8 heteroatoms. The fourth-order valence-corrected chi connectivity index (χ4v) is 5.47. The number of para-hydroxylation sites is 1. The minimum Gasteiger partial charge on any atom is -0.348 e. The van der Waals surface area contributed by atoms with Crippen LogP contribution in [-0.2, 0) is 17.8 Å². The van der Waals surface area contributed by atoms with Crippen LogP contribution in [0.2, 0.25) is 0 Å². The van der Waals surface area contributed by atoms with E-state index in [1.807, 2.05) is 18.2 Å². The smallest absolute Gasteiger partial charge is 0.273 e. The molecule has 156 valence electrons. The van der Waals surface area contributed by atoms with Crippen molar-refractivity contribution in [2.24, 2.45) is 5.92 Å². The van der Waals surface area contributed by atoms with Gasteiger partial charge in [-0.15, -0.1) is 0 Å². The predicted octanol–water partition coefficient (Wildman–Crippen LogP) is 3.07. The van der Waals surface area contributed by atoms with Crippen LogP contribution in [-0.4, -0.2) is 40.1 Å². The fraction of sp³-hybridized carbons (Fsp3) is 0.455. The van der Waals surface area contributed by atoms with Gasteiger partial charge < -0.3 is 9.80 Å². The molecule has 1 atom stereocenters. The van der Waals surface area contributed by atoms with E-state index in [4.69, 9.17) is 0 Å². The lowest BCUT2D eigenvalue weighted by Gasteiger charge is -2.30. The summed E-state index contributed by atoms with van der Waals surface area (Å²) in [6, 6.07) is 7.99. The van der Waals surface area contributed by atoms with Crippen molar-refractivity contribution < 1.29 is 4.79 Å². The Morgan fingerprint density at radius 2 is 2.10 bits per heavy atom. The van der Waals surface area contributed by atoms with Crippen molar-refractivity contribution in [3.8, 4) is 0 Å². The van der Waals surface area contributed by atoms with E-state index in [1.165, 1.54) is 34.2 Å². The highest BCUT2D eigenvalue weighted by atomic mass is 32.1. The number of hydrogen-bond acceptors (Lipinski definition) is 6. The molecule has 7 nitrogen and oxygen atoms in total. The second-order valence-electron chi connectivity index (χ2n) is 8.30. The van der Waals surface area contributed by atoms with Gasteiger partial charge in [0.1, 0.15) is 17.6 Å². The number of carbonyl (C=O) groups is 1. The minimum atomic E-state index is -0.188. The topological polar surface area (TPSA) is 71.3 Å². The van der Waals surface area contributed by atoms with Crippen LogP contribution in [0.25, 0.3) is 10.3 Å². The van der Waals surface area contributed by atoms with Crippen molar-refractivity contribution >= 4 is 38.4 Å². The second-order valence-corrected chi connectivity index (χ2v) is 9.28. The lowest BCUT2D eigenvalue weighted by atomic mass is 10.0. The molecule has 0 radical (unpaired) electrons.